The number of hydrogen-bond acceptors (Lipinski definition) is 7. The molecule has 7 heteroatoms. The topological polar surface area (TPSA) is 64.7 Å². The van der Waals surface area contributed by atoms with Crippen molar-refractivity contribution >= 4 is 74.1 Å². The summed E-state index contributed by atoms with van der Waals surface area (Å²) < 4.78 is 10.9. The van der Waals surface area contributed by atoms with Gasteiger partial charge in [-0.3, -0.25) is 0 Å². The molecule has 0 aliphatic carbocycles. The molecule has 0 fully saturated rings. The minimum atomic E-state index is 0.619. The standard InChI is InChI=1S/C40H22N4OS2/c1-2-10-23(11-3-1)37-42-38(28-15-8-13-26-25-12-4-7-19-33(25)46-35(26)28)44-39(43-37)29-16-9-14-27-30-22-24(20-21-34(30)47-36(27)29)40-41-31-17-5-6-18-32(31)45-40/h1-22H. The summed E-state index contributed by atoms with van der Waals surface area (Å²) in [6.45, 7) is 0. The van der Waals surface area contributed by atoms with E-state index in [-0.39, 0.29) is 0 Å². The SMILES string of the molecule is c1ccc(-c2nc(-c3cccc4c3sc3ccccc34)nc(-c3cccc4c3sc3ccc(-c5nc6ccccc6o5)cc34)n2)cc1. The molecule has 47 heavy (non-hydrogen) atoms. The first-order chi connectivity index (χ1) is 23.3. The smallest absolute Gasteiger partial charge is 0.227 e. The van der Waals surface area contributed by atoms with Crippen molar-refractivity contribution in [1.29, 1.82) is 0 Å². The van der Waals surface area contributed by atoms with Gasteiger partial charge in [-0.2, -0.15) is 0 Å². The van der Waals surface area contributed by atoms with Gasteiger partial charge in [0, 0.05) is 62.6 Å². The zero-order valence-electron chi connectivity index (χ0n) is 24.7. The van der Waals surface area contributed by atoms with E-state index in [1.54, 1.807) is 22.7 Å². The summed E-state index contributed by atoms with van der Waals surface area (Å²) in [7, 11) is 0. The third-order valence-corrected chi connectivity index (χ3v) is 11.0. The van der Waals surface area contributed by atoms with Gasteiger partial charge in [0.1, 0.15) is 5.52 Å². The molecule has 0 unspecified atom stereocenters. The number of para-hydroxylation sites is 2. The van der Waals surface area contributed by atoms with Crippen molar-refractivity contribution in [2.75, 3.05) is 0 Å². The van der Waals surface area contributed by atoms with Crippen LogP contribution in [0.4, 0.5) is 0 Å². The first-order valence-electron chi connectivity index (χ1n) is 15.3. The molecular weight excluding hydrogens is 617 g/mol. The van der Waals surface area contributed by atoms with Crippen molar-refractivity contribution in [1.82, 2.24) is 19.9 Å². The number of benzene rings is 6. The van der Waals surface area contributed by atoms with Crippen LogP contribution in [0.15, 0.2) is 138 Å². The Morgan fingerprint density at radius 1 is 0.426 bits per heavy atom. The molecule has 0 spiro atoms. The van der Waals surface area contributed by atoms with Gasteiger partial charge in [0.25, 0.3) is 0 Å². The van der Waals surface area contributed by atoms with Crippen LogP contribution in [0.1, 0.15) is 0 Å². The minimum absolute atomic E-state index is 0.619. The van der Waals surface area contributed by atoms with Crippen LogP contribution in [0.3, 0.4) is 0 Å². The van der Waals surface area contributed by atoms with E-state index in [4.69, 9.17) is 24.4 Å². The summed E-state index contributed by atoms with van der Waals surface area (Å²) in [5, 5.41) is 4.77. The maximum atomic E-state index is 6.11. The molecule has 4 heterocycles. The largest absolute Gasteiger partial charge is 0.436 e. The maximum Gasteiger partial charge on any atom is 0.227 e. The Labute approximate surface area is 276 Å². The van der Waals surface area contributed by atoms with Crippen LogP contribution in [-0.2, 0) is 0 Å². The van der Waals surface area contributed by atoms with E-state index >= 15 is 0 Å². The zero-order chi connectivity index (χ0) is 30.9. The molecule has 220 valence electrons. The molecule has 0 amide bonds. The van der Waals surface area contributed by atoms with Crippen molar-refractivity contribution in [2.24, 2.45) is 0 Å². The minimum Gasteiger partial charge on any atom is -0.436 e. The van der Waals surface area contributed by atoms with Crippen molar-refractivity contribution in [3.05, 3.63) is 133 Å². The lowest BCUT2D eigenvalue weighted by Crippen LogP contribution is -2.00. The normalized spacial score (nSPS) is 11.8. The van der Waals surface area contributed by atoms with Crippen molar-refractivity contribution in [2.45, 2.75) is 0 Å². The molecule has 0 saturated carbocycles. The molecule has 0 saturated heterocycles. The summed E-state index contributed by atoms with van der Waals surface area (Å²) in [4.78, 5) is 20.1. The number of thiophene rings is 2. The van der Waals surface area contributed by atoms with Gasteiger partial charge in [-0.25, -0.2) is 19.9 Å². The summed E-state index contributed by atoms with van der Waals surface area (Å²) in [5.74, 6) is 2.60. The van der Waals surface area contributed by atoms with E-state index in [1.165, 1.54) is 24.9 Å². The molecule has 0 aliphatic heterocycles. The van der Waals surface area contributed by atoms with Gasteiger partial charge in [0.05, 0.1) is 0 Å². The molecule has 10 aromatic rings. The fraction of sp³-hybridized carbons (Fsp3) is 0. The van der Waals surface area contributed by atoms with E-state index in [0.29, 0.717) is 23.4 Å². The molecule has 10 rings (SSSR count). The number of hydrogen-bond donors (Lipinski definition) is 0. The maximum absolute atomic E-state index is 6.11. The number of aromatic nitrogens is 4. The Morgan fingerprint density at radius 3 is 1.81 bits per heavy atom. The summed E-state index contributed by atoms with van der Waals surface area (Å²) in [5.41, 5.74) is 5.53. The first-order valence-corrected chi connectivity index (χ1v) is 16.9. The number of nitrogens with zero attached hydrogens (tertiary/aromatic N) is 4. The average molecular weight is 639 g/mol. The van der Waals surface area contributed by atoms with Crippen LogP contribution in [0.2, 0.25) is 0 Å². The van der Waals surface area contributed by atoms with Gasteiger partial charge in [0.15, 0.2) is 23.1 Å². The fourth-order valence-corrected chi connectivity index (χ4v) is 8.76. The molecule has 0 radical (unpaired) electrons. The van der Waals surface area contributed by atoms with Gasteiger partial charge >= 0.3 is 0 Å². The summed E-state index contributed by atoms with van der Waals surface area (Å²) in [6.07, 6.45) is 0. The Hall–Kier alpha value is -5.76. The van der Waals surface area contributed by atoms with E-state index in [2.05, 4.69) is 91.0 Å². The average Bonchev–Trinajstić information content (AvgIpc) is 3.85. The van der Waals surface area contributed by atoms with E-state index < -0.39 is 0 Å². The molecule has 0 atom stereocenters. The molecular formula is C40H22N4OS2. The third kappa shape index (κ3) is 4.28. The van der Waals surface area contributed by atoms with Crippen molar-refractivity contribution < 1.29 is 4.42 Å². The van der Waals surface area contributed by atoms with Gasteiger partial charge in [-0.1, -0.05) is 84.9 Å². The second-order valence-electron chi connectivity index (χ2n) is 11.4. The van der Waals surface area contributed by atoms with Crippen LogP contribution in [0, 0.1) is 0 Å². The second-order valence-corrected chi connectivity index (χ2v) is 13.5. The first kappa shape index (κ1) is 26.5. The lowest BCUT2D eigenvalue weighted by molar-refractivity contribution is 0.620. The number of fused-ring (bicyclic) bond motifs is 7. The predicted octanol–water partition coefficient (Wildman–Crippen LogP) is 11.4. The highest BCUT2D eigenvalue weighted by atomic mass is 32.1. The van der Waals surface area contributed by atoms with Gasteiger partial charge < -0.3 is 4.42 Å². The van der Waals surface area contributed by atoms with E-state index in [9.17, 15) is 0 Å². The fourth-order valence-electron chi connectivity index (χ4n) is 6.36. The Morgan fingerprint density at radius 2 is 1.04 bits per heavy atom. The predicted molar refractivity (Wildman–Crippen MR) is 195 cm³/mol. The molecule has 6 aromatic carbocycles. The Balaban J connectivity index is 1.18. The van der Waals surface area contributed by atoms with Crippen LogP contribution in [-0.4, -0.2) is 19.9 Å². The van der Waals surface area contributed by atoms with Gasteiger partial charge in [-0.15, -0.1) is 22.7 Å². The van der Waals surface area contributed by atoms with Gasteiger partial charge in [0.2, 0.25) is 5.89 Å². The summed E-state index contributed by atoms with van der Waals surface area (Å²) >= 11 is 3.53. The highest BCUT2D eigenvalue weighted by molar-refractivity contribution is 7.26. The zero-order valence-corrected chi connectivity index (χ0v) is 26.3. The highest BCUT2D eigenvalue weighted by Gasteiger charge is 2.19. The monoisotopic (exact) mass is 638 g/mol. The quantitative estimate of drug-likeness (QED) is 0.192. The molecule has 0 bridgehead atoms. The van der Waals surface area contributed by atoms with Gasteiger partial charge in [-0.05, 0) is 48.5 Å². The molecule has 4 aromatic heterocycles. The molecule has 0 N–H and O–H groups in total. The highest BCUT2D eigenvalue weighted by Crippen LogP contribution is 2.43. The molecule has 0 aliphatic rings. The Kier molecular flexibility index (Phi) is 5.85. The van der Waals surface area contributed by atoms with Crippen LogP contribution in [0.5, 0.6) is 0 Å². The number of oxazole rings is 1. The van der Waals surface area contributed by atoms with Crippen molar-refractivity contribution in [3.63, 3.8) is 0 Å². The second kappa shape index (κ2) is 10.4. The van der Waals surface area contributed by atoms with E-state index in [1.807, 2.05) is 42.5 Å². The van der Waals surface area contributed by atoms with Crippen molar-refractivity contribution in [3.8, 4) is 45.6 Å². The third-order valence-electron chi connectivity index (χ3n) is 8.59. The Bertz CT molecular complexity index is 2780. The van der Waals surface area contributed by atoms with Crippen LogP contribution >= 0.6 is 22.7 Å². The van der Waals surface area contributed by atoms with E-state index in [0.717, 1.165) is 48.8 Å². The van der Waals surface area contributed by atoms with Crippen LogP contribution < -0.4 is 0 Å². The number of rotatable bonds is 4. The lowest BCUT2D eigenvalue weighted by atomic mass is 10.1. The lowest BCUT2D eigenvalue weighted by Gasteiger charge is -2.09. The summed E-state index contributed by atoms with van der Waals surface area (Å²) in [6, 6.07) is 45.8. The molecule has 5 nitrogen and oxygen atoms in total. The van der Waals surface area contributed by atoms with Crippen LogP contribution in [0.25, 0.3) is 97.1 Å².